The van der Waals surface area contributed by atoms with Crippen LogP contribution in [0.15, 0.2) is 12.3 Å². The molecule has 1 aromatic heterocycles. The van der Waals surface area contributed by atoms with Gasteiger partial charge in [0.1, 0.15) is 6.04 Å². The molecule has 3 heterocycles. The molecule has 0 radical (unpaired) electrons. The molecule has 4 rings (SSSR count). The number of nitrogens with one attached hydrogen (secondary N) is 1. The molecule has 1 amide bonds. The van der Waals surface area contributed by atoms with E-state index in [-0.39, 0.29) is 11.9 Å². The van der Waals surface area contributed by atoms with Crippen LogP contribution in [0.25, 0.3) is 0 Å². The highest BCUT2D eigenvalue weighted by Gasteiger charge is 2.50. The fourth-order valence-electron chi connectivity index (χ4n) is 3.95. The van der Waals surface area contributed by atoms with Gasteiger partial charge in [0.05, 0.1) is 5.69 Å². The molecule has 1 N–H and O–H groups in total. The summed E-state index contributed by atoms with van der Waals surface area (Å²) >= 11 is 0. The average molecular weight is 243 g/mol. The highest BCUT2D eigenvalue weighted by molar-refractivity contribution is 6.03. The number of pyridine rings is 1. The molecule has 0 aromatic carbocycles. The zero-order valence-corrected chi connectivity index (χ0v) is 10.5. The van der Waals surface area contributed by atoms with E-state index < -0.39 is 0 Å². The predicted octanol–water partition coefficient (Wildman–Crippen LogP) is 1.95. The minimum atomic E-state index is 0.0280. The molecule has 1 aromatic rings. The van der Waals surface area contributed by atoms with Crippen molar-refractivity contribution in [1.29, 1.82) is 0 Å². The molecule has 1 saturated heterocycles. The average Bonchev–Trinajstić information content (AvgIpc) is 2.87. The Kier molecular flexibility index (Phi) is 1.99. The van der Waals surface area contributed by atoms with Crippen molar-refractivity contribution in [2.75, 3.05) is 16.8 Å². The number of anilines is 2. The Morgan fingerprint density at radius 3 is 3.22 bits per heavy atom. The van der Waals surface area contributed by atoms with Gasteiger partial charge in [-0.15, -0.1) is 0 Å². The molecule has 18 heavy (non-hydrogen) atoms. The third kappa shape index (κ3) is 1.26. The molecule has 1 aliphatic carbocycles. The molecule has 0 spiro atoms. The lowest BCUT2D eigenvalue weighted by Gasteiger charge is -2.33. The molecule has 3 unspecified atom stereocenters. The SMILES string of the molecule is Cc1cnc2c(c1)NC(=O)C1C3CCCC3CN21. The van der Waals surface area contributed by atoms with Crippen LogP contribution in [0.4, 0.5) is 11.5 Å². The van der Waals surface area contributed by atoms with Crippen LogP contribution >= 0.6 is 0 Å². The van der Waals surface area contributed by atoms with E-state index in [9.17, 15) is 4.79 Å². The molecular formula is C14H17N3O. The summed E-state index contributed by atoms with van der Waals surface area (Å²) in [7, 11) is 0. The van der Waals surface area contributed by atoms with Gasteiger partial charge in [-0.3, -0.25) is 4.79 Å². The molecule has 4 heteroatoms. The summed E-state index contributed by atoms with van der Waals surface area (Å²) in [6.45, 7) is 3.01. The first-order chi connectivity index (χ1) is 8.74. The Morgan fingerprint density at radius 2 is 2.33 bits per heavy atom. The van der Waals surface area contributed by atoms with Gasteiger partial charge in [-0.05, 0) is 43.2 Å². The smallest absolute Gasteiger partial charge is 0.247 e. The molecule has 4 nitrogen and oxygen atoms in total. The fraction of sp³-hybridized carbons (Fsp3) is 0.571. The maximum Gasteiger partial charge on any atom is 0.247 e. The first kappa shape index (κ1) is 10.4. The highest BCUT2D eigenvalue weighted by Crippen LogP contribution is 2.47. The number of aromatic nitrogens is 1. The number of nitrogens with zero attached hydrogens (tertiary/aromatic N) is 2. The van der Waals surface area contributed by atoms with E-state index in [1.807, 2.05) is 19.2 Å². The van der Waals surface area contributed by atoms with Gasteiger partial charge in [-0.2, -0.15) is 0 Å². The van der Waals surface area contributed by atoms with Crippen molar-refractivity contribution in [2.45, 2.75) is 32.2 Å². The van der Waals surface area contributed by atoms with Crippen LogP contribution in [-0.4, -0.2) is 23.5 Å². The van der Waals surface area contributed by atoms with E-state index in [0.29, 0.717) is 11.8 Å². The minimum absolute atomic E-state index is 0.0280. The third-order valence-corrected chi connectivity index (χ3v) is 4.69. The molecular weight excluding hydrogens is 226 g/mol. The predicted molar refractivity (Wildman–Crippen MR) is 69.6 cm³/mol. The van der Waals surface area contributed by atoms with Crippen molar-refractivity contribution in [2.24, 2.45) is 11.8 Å². The van der Waals surface area contributed by atoms with Crippen molar-refractivity contribution in [3.05, 3.63) is 17.8 Å². The number of fused-ring (bicyclic) bond motifs is 5. The minimum Gasteiger partial charge on any atom is -0.342 e. The summed E-state index contributed by atoms with van der Waals surface area (Å²) in [5.74, 6) is 2.37. The summed E-state index contributed by atoms with van der Waals surface area (Å²) in [5.41, 5.74) is 1.98. The van der Waals surface area contributed by atoms with Gasteiger partial charge >= 0.3 is 0 Å². The number of aryl methyl sites for hydroxylation is 1. The van der Waals surface area contributed by atoms with E-state index in [2.05, 4.69) is 15.2 Å². The Balaban J connectivity index is 1.80. The Bertz CT molecular complexity index is 528. The summed E-state index contributed by atoms with van der Waals surface area (Å²) in [6, 6.07) is 2.05. The molecule has 94 valence electrons. The second kappa shape index (κ2) is 3.46. The first-order valence-corrected chi connectivity index (χ1v) is 6.78. The highest BCUT2D eigenvalue weighted by atomic mass is 16.2. The second-order valence-corrected chi connectivity index (χ2v) is 5.83. The number of amides is 1. The second-order valence-electron chi connectivity index (χ2n) is 5.83. The van der Waals surface area contributed by atoms with Gasteiger partial charge in [0.2, 0.25) is 5.91 Å². The molecule has 0 bridgehead atoms. The number of hydrogen-bond acceptors (Lipinski definition) is 3. The van der Waals surface area contributed by atoms with Crippen molar-refractivity contribution in [1.82, 2.24) is 4.98 Å². The van der Waals surface area contributed by atoms with E-state index >= 15 is 0 Å². The lowest BCUT2D eigenvalue weighted by atomic mass is 9.93. The van der Waals surface area contributed by atoms with Crippen LogP contribution < -0.4 is 10.2 Å². The van der Waals surface area contributed by atoms with Crippen molar-refractivity contribution < 1.29 is 4.79 Å². The largest absolute Gasteiger partial charge is 0.342 e. The van der Waals surface area contributed by atoms with E-state index in [1.54, 1.807) is 0 Å². The lowest BCUT2D eigenvalue weighted by Crippen LogP contribution is -2.47. The van der Waals surface area contributed by atoms with Gasteiger partial charge < -0.3 is 10.2 Å². The molecule has 2 aliphatic heterocycles. The van der Waals surface area contributed by atoms with Crippen LogP contribution in [0.3, 0.4) is 0 Å². The fourth-order valence-corrected chi connectivity index (χ4v) is 3.95. The summed E-state index contributed by atoms with van der Waals surface area (Å²) in [4.78, 5) is 19.1. The molecule has 3 atom stereocenters. The number of rotatable bonds is 0. The summed E-state index contributed by atoms with van der Waals surface area (Å²) < 4.78 is 0. The molecule has 1 saturated carbocycles. The van der Waals surface area contributed by atoms with E-state index in [0.717, 1.165) is 23.6 Å². The van der Waals surface area contributed by atoms with Crippen LogP contribution in [0.2, 0.25) is 0 Å². The van der Waals surface area contributed by atoms with Gasteiger partial charge in [0.15, 0.2) is 5.82 Å². The quantitative estimate of drug-likeness (QED) is 0.757. The van der Waals surface area contributed by atoms with Crippen molar-refractivity contribution in [3.8, 4) is 0 Å². The summed E-state index contributed by atoms with van der Waals surface area (Å²) in [5, 5.41) is 3.04. The van der Waals surface area contributed by atoms with Gasteiger partial charge in [-0.25, -0.2) is 4.98 Å². The number of carbonyl (C=O) groups is 1. The van der Waals surface area contributed by atoms with Crippen LogP contribution in [0, 0.1) is 18.8 Å². The first-order valence-electron chi connectivity index (χ1n) is 6.78. The van der Waals surface area contributed by atoms with Crippen molar-refractivity contribution in [3.63, 3.8) is 0 Å². The maximum atomic E-state index is 12.3. The lowest BCUT2D eigenvalue weighted by molar-refractivity contribution is -0.118. The molecule has 3 aliphatic rings. The Morgan fingerprint density at radius 1 is 1.44 bits per heavy atom. The Hall–Kier alpha value is -1.58. The normalized spacial score (nSPS) is 32.8. The standard InChI is InChI=1S/C14H17N3O/c1-8-5-11-13(15-6-8)17-7-9-3-2-4-10(9)12(17)14(18)16-11/h5-6,9-10,12H,2-4,7H2,1H3,(H,16,18). The maximum absolute atomic E-state index is 12.3. The van der Waals surface area contributed by atoms with E-state index in [4.69, 9.17) is 0 Å². The topological polar surface area (TPSA) is 45.2 Å². The van der Waals surface area contributed by atoms with Gasteiger partial charge in [0.25, 0.3) is 0 Å². The van der Waals surface area contributed by atoms with Crippen molar-refractivity contribution >= 4 is 17.4 Å². The van der Waals surface area contributed by atoms with Gasteiger partial charge in [-0.1, -0.05) is 6.42 Å². The molecule has 2 fully saturated rings. The summed E-state index contributed by atoms with van der Waals surface area (Å²) in [6.07, 6.45) is 5.63. The number of carbonyl (C=O) groups excluding carboxylic acids is 1. The Labute approximate surface area is 106 Å². The van der Waals surface area contributed by atoms with E-state index in [1.165, 1.54) is 19.3 Å². The van der Waals surface area contributed by atoms with Crippen LogP contribution in [0.1, 0.15) is 24.8 Å². The monoisotopic (exact) mass is 243 g/mol. The number of hydrogen-bond donors (Lipinski definition) is 1. The van der Waals surface area contributed by atoms with Crippen LogP contribution in [-0.2, 0) is 4.79 Å². The van der Waals surface area contributed by atoms with Crippen LogP contribution in [0.5, 0.6) is 0 Å². The third-order valence-electron chi connectivity index (χ3n) is 4.69. The zero-order chi connectivity index (χ0) is 12.3. The van der Waals surface area contributed by atoms with Gasteiger partial charge in [0, 0.05) is 12.7 Å². The zero-order valence-electron chi connectivity index (χ0n) is 10.5.